The van der Waals surface area contributed by atoms with Crippen LogP contribution < -0.4 is 10.9 Å². The summed E-state index contributed by atoms with van der Waals surface area (Å²) in [5, 5.41) is 8.67. The van der Waals surface area contributed by atoms with E-state index in [1.807, 2.05) is 84.9 Å². The van der Waals surface area contributed by atoms with Gasteiger partial charge in [-0.1, -0.05) is 60.7 Å². The Labute approximate surface area is 215 Å². The predicted octanol–water partition coefficient (Wildman–Crippen LogP) is 4.08. The lowest BCUT2D eigenvalue weighted by atomic mass is 10.0. The van der Waals surface area contributed by atoms with Crippen molar-refractivity contribution in [3.8, 4) is 0 Å². The molecule has 184 valence electrons. The van der Waals surface area contributed by atoms with Gasteiger partial charge in [-0.15, -0.1) is 0 Å². The minimum absolute atomic E-state index is 0.143. The van der Waals surface area contributed by atoms with E-state index in [2.05, 4.69) is 31.0 Å². The summed E-state index contributed by atoms with van der Waals surface area (Å²) < 4.78 is 0. The molecule has 4 rings (SSSR count). The number of hydrazone groups is 2. The number of benzene rings is 2. The maximum atomic E-state index is 12.4. The third-order valence-corrected chi connectivity index (χ3v) is 5.36. The summed E-state index contributed by atoms with van der Waals surface area (Å²) in [4.78, 5) is 33.1. The Morgan fingerprint density at radius 2 is 0.973 bits per heavy atom. The quantitative estimate of drug-likeness (QED) is 0.258. The van der Waals surface area contributed by atoms with Crippen molar-refractivity contribution in [3.63, 3.8) is 0 Å². The van der Waals surface area contributed by atoms with E-state index in [-0.39, 0.29) is 24.7 Å². The summed E-state index contributed by atoms with van der Waals surface area (Å²) in [6.45, 7) is 0. The zero-order valence-electron chi connectivity index (χ0n) is 20.1. The van der Waals surface area contributed by atoms with E-state index in [0.717, 1.165) is 22.3 Å². The molecule has 8 nitrogen and oxygen atoms in total. The van der Waals surface area contributed by atoms with Crippen molar-refractivity contribution < 1.29 is 9.59 Å². The number of carbonyl (C=O) groups excluding carboxylic acids is 2. The smallest absolute Gasteiger partial charge is 0.240 e. The van der Waals surface area contributed by atoms with Gasteiger partial charge in [-0.05, 0) is 30.7 Å². The second-order valence-corrected chi connectivity index (χ2v) is 8.06. The molecule has 0 bridgehead atoms. The summed E-state index contributed by atoms with van der Waals surface area (Å²) in [7, 11) is 0. The molecule has 2 N–H and O–H groups in total. The van der Waals surface area contributed by atoms with Crippen molar-refractivity contribution in [1.82, 2.24) is 20.8 Å². The van der Waals surface area contributed by atoms with Crippen molar-refractivity contribution in [1.29, 1.82) is 0 Å². The number of nitrogens with zero attached hydrogens (tertiary/aromatic N) is 4. The Bertz CT molecular complexity index is 1170. The lowest BCUT2D eigenvalue weighted by Crippen LogP contribution is -2.23. The van der Waals surface area contributed by atoms with Gasteiger partial charge in [-0.25, -0.2) is 10.9 Å². The highest BCUT2D eigenvalue weighted by atomic mass is 16.2. The molecule has 0 fully saturated rings. The van der Waals surface area contributed by atoms with Gasteiger partial charge in [0.05, 0.1) is 11.4 Å². The van der Waals surface area contributed by atoms with E-state index in [1.54, 1.807) is 24.8 Å². The lowest BCUT2D eigenvalue weighted by Gasteiger charge is -2.08. The minimum atomic E-state index is -0.283. The molecular formula is C29H26N6O2. The molecule has 37 heavy (non-hydrogen) atoms. The Morgan fingerprint density at radius 1 is 0.568 bits per heavy atom. The molecule has 0 saturated heterocycles. The van der Waals surface area contributed by atoms with Crippen LogP contribution in [0.5, 0.6) is 0 Å². The molecule has 0 unspecified atom stereocenters. The van der Waals surface area contributed by atoms with Crippen LogP contribution in [-0.2, 0) is 9.59 Å². The number of nitrogens with one attached hydrogen (secondary N) is 2. The Kier molecular flexibility index (Phi) is 8.96. The van der Waals surface area contributed by atoms with Crippen LogP contribution in [0.25, 0.3) is 0 Å². The zero-order chi connectivity index (χ0) is 25.7. The molecule has 8 heteroatoms. The number of carbonyl (C=O) groups is 2. The van der Waals surface area contributed by atoms with Crippen LogP contribution in [0.3, 0.4) is 0 Å². The van der Waals surface area contributed by atoms with Gasteiger partial charge in [-0.2, -0.15) is 10.2 Å². The maximum Gasteiger partial charge on any atom is 0.240 e. The molecule has 0 saturated carbocycles. The first-order chi connectivity index (χ1) is 18.2. The fourth-order valence-electron chi connectivity index (χ4n) is 3.55. The van der Waals surface area contributed by atoms with Crippen LogP contribution in [0.15, 0.2) is 120 Å². The highest BCUT2D eigenvalue weighted by Gasteiger charge is 2.11. The van der Waals surface area contributed by atoms with Gasteiger partial charge < -0.3 is 0 Å². The number of pyridine rings is 2. The molecule has 2 aromatic carbocycles. The summed E-state index contributed by atoms with van der Waals surface area (Å²) in [5.41, 5.74) is 9.71. The molecular weight excluding hydrogens is 464 g/mol. The van der Waals surface area contributed by atoms with E-state index < -0.39 is 0 Å². The third-order valence-electron chi connectivity index (χ3n) is 5.36. The fourth-order valence-corrected chi connectivity index (χ4v) is 3.55. The topological polar surface area (TPSA) is 109 Å². The SMILES string of the molecule is O=C(CCCC(=O)N/N=C(/c1ccccc1)c1cccnc1)N/N=C(/c1ccccc1)c1cccnc1. The maximum absolute atomic E-state index is 12.4. The molecule has 2 amide bonds. The monoisotopic (exact) mass is 490 g/mol. The minimum Gasteiger partial charge on any atom is -0.273 e. The lowest BCUT2D eigenvalue weighted by molar-refractivity contribution is -0.122. The largest absolute Gasteiger partial charge is 0.273 e. The van der Waals surface area contributed by atoms with Crippen LogP contribution in [0, 0.1) is 0 Å². The molecule has 0 radical (unpaired) electrons. The first-order valence-electron chi connectivity index (χ1n) is 11.9. The average Bonchev–Trinajstić information content (AvgIpc) is 2.95. The van der Waals surface area contributed by atoms with E-state index in [0.29, 0.717) is 17.8 Å². The number of amides is 2. The molecule has 0 aliphatic carbocycles. The van der Waals surface area contributed by atoms with Gasteiger partial charge in [0.2, 0.25) is 11.8 Å². The van der Waals surface area contributed by atoms with Crippen molar-refractivity contribution in [2.45, 2.75) is 19.3 Å². The standard InChI is InChI=1S/C29H26N6O2/c36-26(32-34-28(22-10-3-1-4-11-22)24-14-8-18-30-20-24)16-7-17-27(37)33-35-29(23-12-5-2-6-13-23)25-15-9-19-31-21-25/h1-6,8-15,18-21H,7,16-17H2,(H,32,36)(H,33,37)/b34-28-,35-29-. The highest BCUT2D eigenvalue weighted by molar-refractivity contribution is 6.13. The fraction of sp³-hybridized carbons (Fsp3) is 0.103. The van der Waals surface area contributed by atoms with Crippen LogP contribution in [-0.4, -0.2) is 33.2 Å². The summed E-state index contributed by atoms with van der Waals surface area (Å²) >= 11 is 0. The predicted molar refractivity (Wildman–Crippen MR) is 143 cm³/mol. The summed E-state index contributed by atoms with van der Waals surface area (Å²) in [5.74, 6) is -0.567. The molecule has 0 aliphatic heterocycles. The van der Waals surface area contributed by atoms with Gasteiger partial charge in [0, 0.05) is 59.9 Å². The van der Waals surface area contributed by atoms with Crippen molar-refractivity contribution in [2.24, 2.45) is 10.2 Å². The van der Waals surface area contributed by atoms with Crippen molar-refractivity contribution in [2.75, 3.05) is 0 Å². The first-order valence-corrected chi connectivity index (χ1v) is 11.9. The van der Waals surface area contributed by atoms with Crippen LogP contribution in [0.1, 0.15) is 41.5 Å². The molecule has 4 aromatic rings. The van der Waals surface area contributed by atoms with Gasteiger partial charge in [-0.3, -0.25) is 19.6 Å². The van der Waals surface area contributed by atoms with E-state index in [9.17, 15) is 9.59 Å². The number of aromatic nitrogens is 2. The van der Waals surface area contributed by atoms with Gasteiger partial charge in [0.15, 0.2) is 0 Å². The van der Waals surface area contributed by atoms with Gasteiger partial charge >= 0.3 is 0 Å². The number of hydrogen-bond acceptors (Lipinski definition) is 6. The molecule has 0 spiro atoms. The van der Waals surface area contributed by atoms with Crippen LogP contribution in [0.2, 0.25) is 0 Å². The second kappa shape index (κ2) is 13.2. The Balaban J connectivity index is 1.33. The van der Waals surface area contributed by atoms with E-state index >= 15 is 0 Å². The second-order valence-electron chi connectivity index (χ2n) is 8.06. The molecule has 2 aromatic heterocycles. The highest BCUT2D eigenvalue weighted by Crippen LogP contribution is 2.11. The third kappa shape index (κ3) is 7.50. The normalized spacial score (nSPS) is 11.6. The van der Waals surface area contributed by atoms with Crippen LogP contribution in [0.4, 0.5) is 0 Å². The van der Waals surface area contributed by atoms with Crippen molar-refractivity contribution in [3.05, 3.63) is 132 Å². The first kappa shape index (κ1) is 25.1. The summed E-state index contributed by atoms with van der Waals surface area (Å²) in [6.07, 6.45) is 7.38. The molecule has 0 aliphatic rings. The molecule has 2 heterocycles. The Hall–Kier alpha value is -4.98. The number of hydrogen-bond donors (Lipinski definition) is 2. The molecule has 0 atom stereocenters. The zero-order valence-corrected chi connectivity index (χ0v) is 20.1. The average molecular weight is 491 g/mol. The number of rotatable bonds is 10. The summed E-state index contributed by atoms with van der Waals surface area (Å²) in [6, 6.07) is 26.5. The van der Waals surface area contributed by atoms with Crippen molar-refractivity contribution >= 4 is 23.2 Å². The Morgan fingerprint density at radius 3 is 1.35 bits per heavy atom. The van der Waals surface area contributed by atoms with E-state index in [1.165, 1.54) is 0 Å². The van der Waals surface area contributed by atoms with Gasteiger partial charge in [0.1, 0.15) is 0 Å². The van der Waals surface area contributed by atoms with Crippen LogP contribution >= 0.6 is 0 Å². The van der Waals surface area contributed by atoms with Gasteiger partial charge in [0.25, 0.3) is 0 Å². The van der Waals surface area contributed by atoms with E-state index in [4.69, 9.17) is 0 Å².